The molecule has 0 unspecified atom stereocenters. The van der Waals surface area contributed by atoms with E-state index < -0.39 is 0 Å². The van der Waals surface area contributed by atoms with E-state index in [0.29, 0.717) is 22.9 Å². The highest BCUT2D eigenvalue weighted by atomic mass is 32.1. The summed E-state index contributed by atoms with van der Waals surface area (Å²) in [5, 5.41) is 4.52. The first kappa shape index (κ1) is 13.8. The molecule has 0 saturated heterocycles. The summed E-state index contributed by atoms with van der Waals surface area (Å²) in [6, 6.07) is 8.83. The molecule has 20 heavy (non-hydrogen) atoms. The Hall–Kier alpha value is -2.60. The first-order valence-corrected chi connectivity index (χ1v) is 6.69. The molecule has 0 aliphatic heterocycles. The van der Waals surface area contributed by atoms with Gasteiger partial charge in [0.2, 0.25) is 5.91 Å². The van der Waals surface area contributed by atoms with Crippen molar-refractivity contribution in [3.63, 3.8) is 0 Å². The van der Waals surface area contributed by atoms with Crippen LogP contribution in [0.2, 0.25) is 0 Å². The molecule has 0 atom stereocenters. The van der Waals surface area contributed by atoms with Gasteiger partial charge in [-0.1, -0.05) is 12.6 Å². The summed E-state index contributed by atoms with van der Waals surface area (Å²) in [6.45, 7) is 3.40. The van der Waals surface area contributed by atoms with Crippen LogP contribution in [0, 0.1) is 0 Å². The van der Waals surface area contributed by atoms with E-state index in [0.717, 1.165) is 4.88 Å². The summed E-state index contributed by atoms with van der Waals surface area (Å²) in [5.41, 5.74) is 13.6. The van der Waals surface area contributed by atoms with Gasteiger partial charge in [0.15, 0.2) is 0 Å². The molecule has 102 valence electrons. The fourth-order valence-electron chi connectivity index (χ4n) is 1.56. The van der Waals surface area contributed by atoms with E-state index in [2.05, 4.69) is 16.9 Å². The number of hydrogen-bond acceptors (Lipinski definition) is 4. The average Bonchev–Trinajstić information content (AvgIpc) is 2.85. The largest absolute Gasteiger partial charge is 0.397 e. The third-order valence-corrected chi connectivity index (χ3v) is 3.43. The molecule has 0 aliphatic carbocycles. The van der Waals surface area contributed by atoms with Gasteiger partial charge in [0, 0.05) is 5.69 Å². The zero-order valence-electron chi connectivity index (χ0n) is 10.7. The summed E-state index contributed by atoms with van der Waals surface area (Å²) in [7, 11) is 0. The number of amidine groups is 1. The second-order valence-electron chi connectivity index (χ2n) is 3.95. The van der Waals surface area contributed by atoms with Crippen LogP contribution < -0.4 is 16.8 Å². The van der Waals surface area contributed by atoms with E-state index in [1.54, 1.807) is 30.3 Å². The van der Waals surface area contributed by atoms with E-state index in [1.165, 1.54) is 17.4 Å². The van der Waals surface area contributed by atoms with Crippen LogP contribution in [0.3, 0.4) is 0 Å². The highest BCUT2D eigenvalue weighted by Crippen LogP contribution is 2.22. The molecule has 0 bridgehead atoms. The Bertz CT molecular complexity index is 675. The highest BCUT2D eigenvalue weighted by Gasteiger charge is 2.05. The predicted octanol–water partition coefficient (Wildman–Crippen LogP) is 2.49. The number of nitrogen functional groups attached to an aromatic ring is 1. The van der Waals surface area contributed by atoms with Crippen LogP contribution in [-0.4, -0.2) is 11.7 Å². The zero-order valence-corrected chi connectivity index (χ0v) is 11.5. The lowest BCUT2D eigenvalue weighted by molar-refractivity contribution is -0.111. The molecule has 1 aromatic carbocycles. The van der Waals surface area contributed by atoms with Gasteiger partial charge < -0.3 is 16.8 Å². The molecule has 1 aromatic heterocycles. The van der Waals surface area contributed by atoms with Crippen molar-refractivity contribution >= 4 is 40.1 Å². The van der Waals surface area contributed by atoms with E-state index in [-0.39, 0.29) is 5.91 Å². The number of nitrogens with two attached hydrogens (primary N) is 2. The molecule has 0 spiro atoms. The van der Waals surface area contributed by atoms with Gasteiger partial charge in [-0.3, -0.25) is 4.79 Å². The Morgan fingerprint density at radius 2 is 2.20 bits per heavy atom. The maximum absolute atomic E-state index is 11.2. The van der Waals surface area contributed by atoms with Crippen molar-refractivity contribution in [1.82, 2.24) is 0 Å². The lowest BCUT2D eigenvalue weighted by atomic mass is 10.2. The number of rotatable bonds is 4. The lowest BCUT2D eigenvalue weighted by Gasteiger charge is -2.04. The normalized spacial score (nSPS) is 11.1. The van der Waals surface area contributed by atoms with E-state index in [1.807, 2.05) is 5.38 Å². The van der Waals surface area contributed by atoms with Gasteiger partial charge in [-0.15, -0.1) is 11.3 Å². The van der Waals surface area contributed by atoms with E-state index >= 15 is 0 Å². The van der Waals surface area contributed by atoms with Crippen molar-refractivity contribution in [2.75, 3.05) is 11.1 Å². The maximum atomic E-state index is 11.2. The molecule has 0 fully saturated rings. The molecule has 2 rings (SSSR count). The number of carbonyl (C=O) groups is 1. The highest BCUT2D eigenvalue weighted by molar-refractivity contribution is 7.12. The fraction of sp³-hybridized carbons (Fsp3) is 0. The van der Waals surface area contributed by atoms with Crippen molar-refractivity contribution in [3.8, 4) is 0 Å². The summed E-state index contributed by atoms with van der Waals surface area (Å²) in [6.07, 6.45) is 1.21. The molecular formula is C14H14N4OS. The molecule has 5 N–H and O–H groups in total. The molecule has 6 heteroatoms. The van der Waals surface area contributed by atoms with Crippen LogP contribution in [-0.2, 0) is 4.79 Å². The number of thiophene rings is 1. The van der Waals surface area contributed by atoms with Crippen LogP contribution in [0.4, 0.5) is 17.1 Å². The minimum absolute atomic E-state index is 0.276. The van der Waals surface area contributed by atoms with Gasteiger partial charge in [-0.05, 0) is 35.7 Å². The third kappa shape index (κ3) is 3.24. The monoisotopic (exact) mass is 286 g/mol. The van der Waals surface area contributed by atoms with Gasteiger partial charge in [-0.25, -0.2) is 4.99 Å². The van der Waals surface area contributed by atoms with Crippen LogP contribution in [0.15, 0.2) is 53.4 Å². The standard InChI is InChI=1S/C14H14N4OS/c1-2-12(19)17-9-4-3-5-10(8-9)18-14(16)13-11(15)6-7-20-13/h2-8H,1,15H2,(H2,16,18)(H,17,19). The van der Waals surface area contributed by atoms with Gasteiger partial charge in [-0.2, -0.15) is 0 Å². The van der Waals surface area contributed by atoms with Crippen LogP contribution in [0.25, 0.3) is 0 Å². The van der Waals surface area contributed by atoms with E-state index in [4.69, 9.17) is 11.5 Å². The quantitative estimate of drug-likeness (QED) is 0.458. The molecular weight excluding hydrogens is 272 g/mol. The Kier molecular flexibility index (Phi) is 4.17. The molecule has 0 saturated carbocycles. The number of nitrogens with zero attached hydrogens (tertiary/aromatic N) is 1. The van der Waals surface area contributed by atoms with Crippen molar-refractivity contribution in [2.45, 2.75) is 0 Å². The van der Waals surface area contributed by atoms with Gasteiger partial charge in [0.1, 0.15) is 5.84 Å². The molecule has 0 radical (unpaired) electrons. The molecule has 1 amide bonds. The molecule has 1 heterocycles. The predicted molar refractivity (Wildman–Crippen MR) is 84.4 cm³/mol. The number of nitrogens with one attached hydrogen (secondary N) is 1. The third-order valence-electron chi connectivity index (χ3n) is 2.48. The Morgan fingerprint density at radius 1 is 1.40 bits per heavy atom. The van der Waals surface area contributed by atoms with Crippen molar-refractivity contribution in [1.29, 1.82) is 0 Å². The van der Waals surface area contributed by atoms with Crippen LogP contribution in [0.1, 0.15) is 4.88 Å². The van der Waals surface area contributed by atoms with Gasteiger partial charge >= 0.3 is 0 Å². The van der Waals surface area contributed by atoms with Gasteiger partial charge in [0.05, 0.1) is 16.3 Å². The Labute approximate surface area is 120 Å². The first-order chi connectivity index (χ1) is 9.60. The molecule has 0 aliphatic rings. The minimum atomic E-state index is -0.276. The smallest absolute Gasteiger partial charge is 0.247 e. The molecule has 5 nitrogen and oxygen atoms in total. The average molecular weight is 286 g/mol. The number of aliphatic imine (C=N–C) groups is 1. The summed E-state index contributed by atoms with van der Waals surface area (Å²) >= 11 is 1.43. The lowest BCUT2D eigenvalue weighted by Crippen LogP contribution is -2.12. The second-order valence-corrected chi connectivity index (χ2v) is 4.86. The first-order valence-electron chi connectivity index (χ1n) is 5.81. The molecule has 2 aromatic rings. The second kappa shape index (κ2) is 6.03. The van der Waals surface area contributed by atoms with Crippen molar-refractivity contribution in [2.24, 2.45) is 10.7 Å². The van der Waals surface area contributed by atoms with Crippen LogP contribution in [0.5, 0.6) is 0 Å². The van der Waals surface area contributed by atoms with Crippen molar-refractivity contribution in [3.05, 3.63) is 53.2 Å². The number of benzene rings is 1. The minimum Gasteiger partial charge on any atom is -0.397 e. The van der Waals surface area contributed by atoms with Crippen LogP contribution >= 0.6 is 11.3 Å². The number of amides is 1. The fourth-order valence-corrected chi connectivity index (χ4v) is 2.28. The summed E-state index contributed by atoms with van der Waals surface area (Å²) in [4.78, 5) is 16.3. The number of anilines is 2. The topological polar surface area (TPSA) is 93.5 Å². The Balaban J connectivity index is 2.25. The Morgan fingerprint density at radius 3 is 2.85 bits per heavy atom. The summed E-state index contributed by atoms with van der Waals surface area (Å²) < 4.78 is 0. The van der Waals surface area contributed by atoms with Crippen molar-refractivity contribution < 1.29 is 4.79 Å². The SMILES string of the molecule is C=CC(=O)Nc1cccc(N=C(N)c2sccc2N)c1. The zero-order chi connectivity index (χ0) is 14.5. The van der Waals surface area contributed by atoms with Gasteiger partial charge in [0.25, 0.3) is 0 Å². The summed E-state index contributed by atoms with van der Waals surface area (Å²) in [5.74, 6) is 0.0753. The number of carbonyl (C=O) groups excluding carboxylic acids is 1. The van der Waals surface area contributed by atoms with E-state index in [9.17, 15) is 4.79 Å². The maximum Gasteiger partial charge on any atom is 0.247 e. The number of hydrogen-bond donors (Lipinski definition) is 3.